The summed E-state index contributed by atoms with van der Waals surface area (Å²) < 4.78 is 0. The Morgan fingerprint density at radius 1 is 1.07 bits per heavy atom. The molecule has 0 aliphatic heterocycles. The Kier molecular flexibility index (Phi) is 7.64. The number of hydrogen-bond acceptors (Lipinski definition) is 1. The van der Waals surface area contributed by atoms with Gasteiger partial charge < -0.3 is 5.32 Å². The maximum absolute atomic E-state index is 3.67. The predicted octanol–water partition coefficient (Wildman–Crippen LogP) is 4.16. The summed E-state index contributed by atoms with van der Waals surface area (Å²) in [4.78, 5) is 0. The van der Waals surface area contributed by atoms with Gasteiger partial charge in [-0.2, -0.15) is 0 Å². The zero-order chi connectivity index (χ0) is 10.4. The molecule has 1 aliphatic carbocycles. The standard InChI is InChI=1S/C13H27N.ClH/c1-13(2,3)10-6-7-11-14-12-8-4-5-9-12;/h12,14H,4-11H2,1-3H3;1H. The smallest absolute Gasteiger partial charge is 0.00670 e. The second-order valence-corrected chi connectivity index (χ2v) is 5.95. The van der Waals surface area contributed by atoms with E-state index >= 15 is 0 Å². The highest BCUT2D eigenvalue weighted by Crippen LogP contribution is 2.21. The van der Waals surface area contributed by atoms with Crippen molar-refractivity contribution in [2.24, 2.45) is 5.41 Å². The van der Waals surface area contributed by atoms with Gasteiger partial charge in [0.05, 0.1) is 0 Å². The lowest BCUT2D eigenvalue weighted by molar-refractivity contribution is 0.356. The first-order valence-electron chi connectivity index (χ1n) is 6.31. The Morgan fingerprint density at radius 3 is 2.20 bits per heavy atom. The molecule has 0 unspecified atom stereocenters. The van der Waals surface area contributed by atoms with Crippen LogP contribution < -0.4 is 5.32 Å². The molecule has 1 nitrogen and oxygen atoms in total. The van der Waals surface area contributed by atoms with Gasteiger partial charge >= 0.3 is 0 Å². The summed E-state index contributed by atoms with van der Waals surface area (Å²) in [5, 5.41) is 3.67. The SMILES string of the molecule is CC(C)(C)CCCCNC1CCCC1.Cl. The third-order valence-electron chi connectivity index (χ3n) is 3.14. The van der Waals surface area contributed by atoms with Crippen LogP contribution in [0.5, 0.6) is 0 Å². The fourth-order valence-corrected chi connectivity index (χ4v) is 2.22. The molecular formula is C13H28ClN. The second-order valence-electron chi connectivity index (χ2n) is 5.95. The van der Waals surface area contributed by atoms with Gasteiger partial charge in [-0.05, 0) is 37.6 Å². The zero-order valence-electron chi connectivity index (χ0n) is 10.6. The van der Waals surface area contributed by atoms with Crippen molar-refractivity contribution in [3.05, 3.63) is 0 Å². The van der Waals surface area contributed by atoms with Crippen molar-refractivity contribution in [2.75, 3.05) is 6.54 Å². The number of hydrogen-bond donors (Lipinski definition) is 1. The van der Waals surface area contributed by atoms with Gasteiger partial charge in [-0.3, -0.25) is 0 Å². The van der Waals surface area contributed by atoms with Gasteiger partial charge in [0.25, 0.3) is 0 Å². The predicted molar refractivity (Wildman–Crippen MR) is 70.8 cm³/mol. The molecule has 0 atom stereocenters. The summed E-state index contributed by atoms with van der Waals surface area (Å²) >= 11 is 0. The monoisotopic (exact) mass is 233 g/mol. The van der Waals surface area contributed by atoms with Gasteiger partial charge in [0.1, 0.15) is 0 Å². The Labute approximate surface area is 102 Å². The number of nitrogens with one attached hydrogen (secondary N) is 1. The van der Waals surface area contributed by atoms with E-state index in [1.165, 1.54) is 51.5 Å². The minimum atomic E-state index is 0. The molecule has 0 spiro atoms. The first kappa shape index (κ1) is 15.2. The van der Waals surface area contributed by atoms with Gasteiger partial charge in [0, 0.05) is 6.04 Å². The fourth-order valence-electron chi connectivity index (χ4n) is 2.22. The first-order chi connectivity index (χ1) is 6.58. The molecule has 1 fully saturated rings. The molecule has 1 N–H and O–H groups in total. The average molecular weight is 234 g/mol. The Bertz CT molecular complexity index is 145. The van der Waals surface area contributed by atoms with Crippen LogP contribution in [-0.4, -0.2) is 12.6 Å². The summed E-state index contributed by atoms with van der Waals surface area (Å²) in [6.07, 6.45) is 9.81. The quantitative estimate of drug-likeness (QED) is 0.704. The van der Waals surface area contributed by atoms with Crippen LogP contribution in [0.2, 0.25) is 0 Å². The highest BCUT2D eigenvalue weighted by Gasteiger charge is 2.13. The van der Waals surface area contributed by atoms with E-state index in [1.54, 1.807) is 0 Å². The lowest BCUT2D eigenvalue weighted by Gasteiger charge is -2.18. The Balaban J connectivity index is 0.00000196. The van der Waals surface area contributed by atoms with Gasteiger partial charge in [-0.15, -0.1) is 12.4 Å². The van der Waals surface area contributed by atoms with Crippen molar-refractivity contribution in [1.29, 1.82) is 0 Å². The third-order valence-corrected chi connectivity index (χ3v) is 3.14. The maximum Gasteiger partial charge on any atom is 0.00670 e. The fraction of sp³-hybridized carbons (Fsp3) is 1.00. The van der Waals surface area contributed by atoms with Crippen LogP contribution in [0.1, 0.15) is 65.7 Å². The van der Waals surface area contributed by atoms with Crippen LogP contribution in [0, 0.1) is 5.41 Å². The minimum absolute atomic E-state index is 0. The van der Waals surface area contributed by atoms with E-state index in [1.807, 2.05) is 0 Å². The molecule has 92 valence electrons. The largest absolute Gasteiger partial charge is 0.314 e. The first-order valence-corrected chi connectivity index (χ1v) is 6.31. The molecule has 1 aliphatic rings. The van der Waals surface area contributed by atoms with E-state index in [0.29, 0.717) is 5.41 Å². The minimum Gasteiger partial charge on any atom is -0.314 e. The van der Waals surface area contributed by atoms with E-state index in [9.17, 15) is 0 Å². The molecule has 0 aromatic heterocycles. The average Bonchev–Trinajstić information content (AvgIpc) is 2.54. The van der Waals surface area contributed by atoms with E-state index in [2.05, 4.69) is 26.1 Å². The Hall–Kier alpha value is 0.250. The van der Waals surface area contributed by atoms with Crippen LogP contribution in [0.3, 0.4) is 0 Å². The normalized spacial score (nSPS) is 17.8. The summed E-state index contributed by atoms with van der Waals surface area (Å²) in [7, 11) is 0. The molecule has 1 rings (SSSR count). The maximum atomic E-state index is 3.67. The topological polar surface area (TPSA) is 12.0 Å². The van der Waals surface area contributed by atoms with Crippen molar-refractivity contribution < 1.29 is 0 Å². The van der Waals surface area contributed by atoms with E-state index in [4.69, 9.17) is 0 Å². The van der Waals surface area contributed by atoms with Crippen LogP contribution in [0.4, 0.5) is 0 Å². The Morgan fingerprint density at radius 2 is 1.67 bits per heavy atom. The highest BCUT2D eigenvalue weighted by atomic mass is 35.5. The van der Waals surface area contributed by atoms with Crippen molar-refractivity contribution in [1.82, 2.24) is 5.32 Å². The number of rotatable bonds is 5. The van der Waals surface area contributed by atoms with Gasteiger partial charge in [-0.1, -0.05) is 40.0 Å². The van der Waals surface area contributed by atoms with Crippen molar-refractivity contribution in [3.63, 3.8) is 0 Å². The summed E-state index contributed by atoms with van der Waals surface area (Å²) in [5.41, 5.74) is 0.521. The number of unbranched alkanes of at least 4 members (excludes halogenated alkanes) is 1. The molecule has 0 bridgehead atoms. The lowest BCUT2D eigenvalue weighted by atomic mass is 9.90. The van der Waals surface area contributed by atoms with Crippen molar-refractivity contribution in [3.8, 4) is 0 Å². The summed E-state index contributed by atoms with van der Waals surface area (Å²) in [6.45, 7) is 8.23. The van der Waals surface area contributed by atoms with Crippen molar-refractivity contribution in [2.45, 2.75) is 71.8 Å². The molecule has 2 heteroatoms. The summed E-state index contributed by atoms with van der Waals surface area (Å²) in [6, 6.07) is 0.852. The van der Waals surface area contributed by atoms with Gasteiger partial charge in [-0.25, -0.2) is 0 Å². The molecule has 0 amide bonds. The third kappa shape index (κ3) is 8.10. The molecular weight excluding hydrogens is 206 g/mol. The molecule has 0 aromatic carbocycles. The summed E-state index contributed by atoms with van der Waals surface area (Å²) in [5.74, 6) is 0. The molecule has 15 heavy (non-hydrogen) atoms. The highest BCUT2D eigenvalue weighted by molar-refractivity contribution is 5.85. The molecule has 0 saturated heterocycles. The van der Waals surface area contributed by atoms with E-state index in [-0.39, 0.29) is 12.4 Å². The van der Waals surface area contributed by atoms with Crippen LogP contribution in [-0.2, 0) is 0 Å². The zero-order valence-corrected chi connectivity index (χ0v) is 11.5. The molecule has 0 radical (unpaired) electrons. The molecule has 0 heterocycles. The number of halogens is 1. The second kappa shape index (κ2) is 7.51. The van der Waals surface area contributed by atoms with Crippen molar-refractivity contribution >= 4 is 12.4 Å². The lowest BCUT2D eigenvalue weighted by Crippen LogP contribution is -2.26. The van der Waals surface area contributed by atoms with Crippen LogP contribution in [0.15, 0.2) is 0 Å². The van der Waals surface area contributed by atoms with Gasteiger partial charge in [0.2, 0.25) is 0 Å². The molecule has 0 aromatic rings. The molecule has 1 saturated carbocycles. The van der Waals surface area contributed by atoms with E-state index < -0.39 is 0 Å². The van der Waals surface area contributed by atoms with Crippen LogP contribution >= 0.6 is 12.4 Å². The van der Waals surface area contributed by atoms with Crippen LogP contribution in [0.25, 0.3) is 0 Å². The van der Waals surface area contributed by atoms with E-state index in [0.717, 1.165) is 6.04 Å². The van der Waals surface area contributed by atoms with Gasteiger partial charge in [0.15, 0.2) is 0 Å².